The summed E-state index contributed by atoms with van der Waals surface area (Å²) in [5.74, 6) is 2.93. The summed E-state index contributed by atoms with van der Waals surface area (Å²) in [5.41, 5.74) is 0.902. The molecule has 178 valence electrons. The number of nitrogens with one attached hydrogen (secondary N) is 2. The van der Waals surface area contributed by atoms with Crippen LogP contribution < -0.4 is 10.1 Å². The molecule has 11 heteroatoms. The van der Waals surface area contributed by atoms with E-state index < -0.39 is 0 Å². The van der Waals surface area contributed by atoms with Crippen LogP contribution in [0.25, 0.3) is 11.4 Å². The molecule has 0 aliphatic heterocycles. The van der Waals surface area contributed by atoms with Crippen molar-refractivity contribution in [1.29, 1.82) is 0 Å². The number of benzene rings is 1. The molecule has 0 fully saturated rings. The normalized spacial score (nSPS) is 11.2. The Balaban J connectivity index is 1.50. The number of rotatable bonds is 12. The molecule has 2 aromatic heterocycles. The Morgan fingerprint density at radius 2 is 2.00 bits per heavy atom. The number of methoxy groups -OCH3 is 1. The zero-order valence-corrected chi connectivity index (χ0v) is 21.1. The molecule has 0 atom stereocenters. The van der Waals surface area contributed by atoms with E-state index >= 15 is 0 Å². The number of carbonyl (C=O) groups is 1. The molecule has 0 radical (unpaired) electrons. The molecule has 1 amide bonds. The second-order valence-electron chi connectivity index (χ2n) is 8.04. The summed E-state index contributed by atoms with van der Waals surface area (Å²) in [6, 6.07) is 7.57. The molecule has 0 aliphatic rings. The van der Waals surface area contributed by atoms with Crippen LogP contribution in [0.2, 0.25) is 0 Å². The zero-order valence-electron chi connectivity index (χ0n) is 19.5. The molecule has 0 saturated carbocycles. The Morgan fingerprint density at radius 3 is 2.67 bits per heavy atom. The highest BCUT2D eigenvalue weighted by Gasteiger charge is 2.13. The van der Waals surface area contributed by atoms with E-state index in [1.54, 1.807) is 18.9 Å². The van der Waals surface area contributed by atoms with Crippen molar-refractivity contribution in [3.05, 3.63) is 34.9 Å². The molecule has 0 spiro atoms. The van der Waals surface area contributed by atoms with Crippen LogP contribution in [0, 0.1) is 10.7 Å². The number of aromatic amines is 1. The van der Waals surface area contributed by atoms with E-state index in [-0.39, 0.29) is 5.91 Å². The highest BCUT2D eigenvalue weighted by Crippen LogP contribution is 2.21. The first-order valence-electron chi connectivity index (χ1n) is 10.9. The van der Waals surface area contributed by atoms with Gasteiger partial charge in [-0.05, 0) is 55.1 Å². The van der Waals surface area contributed by atoms with Crippen molar-refractivity contribution in [2.24, 2.45) is 5.92 Å². The lowest BCUT2D eigenvalue weighted by Gasteiger charge is -2.12. The maximum Gasteiger partial charge on any atom is 0.221 e. The molecule has 9 nitrogen and oxygen atoms in total. The van der Waals surface area contributed by atoms with E-state index in [0.717, 1.165) is 41.7 Å². The predicted octanol–water partition coefficient (Wildman–Crippen LogP) is 3.72. The van der Waals surface area contributed by atoms with Crippen LogP contribution in [0.4, 0.5) is 0 Å². The molecule has 3 rings (SSSR count). The van der Waals surface area contributed by atoms with E-state index in [9.17, 15) is 4.79 Å². The van der Waals surface area contributed by atoms with Crippen LogP contribution in [0.3, 0.4) is 0 Å². The van der Waals surface area contributed by atoms with Crippen LogP contribution >= 0.6 is 24.0 Å². The Morgan fingerprint density at radius 1 is 1.24 bits per heavy atom. The number of amides is 1. The lowest BCUT2D eigenvalue weighted by atomic mass is 10.2. The van der Waals surface area contributed by atoms with Crippen molar-refractivity contribution in [1.82, 2.24) is 34.8 Å². The van der Waals surface area contributed by atoms with E-state index in [2.05, 4.69) is 44.1 Å². The van der Waals surface area contributed by atoms with Gasteiger partial charge in [-0.1, -0.05) is 25.6 Å². The van der Waals surface area contributed by atoms with Gasteiger partial charge in [-0.3, -0.25) is 14.5 Å². The van der Waals surface area contributed by atoms with Gasteiger partial charge in [0.25, 0.3) is 0 Å². The van der Waals surface area contributed by atoms with Crippen molar-refractivity contribution < 1.29 is 9.53 Å². The minimum atomic E-state index is -0.0211. The van der Waals surface area contributed by atoms with Gasteiger partial charge in [0, 0.05) is 38.0 Å². The van der Waals surface area contributed by atoms with Gasteiger partial charge in [-0.15, -0.1) is 10.2 Å². The summed E-state index contributed by atoms with van der Waals surface area (Å²) in [6.07, 6.45) is 3.90. The molecule has 0 unspecified atom stereocenters. The average Bonchev–Trinajstić information content (AvgIpc) is 3.37. The van der Waals surface area contributed by atoms with Crippen LogP contribution in [0.15, 0.2) is 29.4 Å². The monoisotopic (exact) mass is 489 g/mol. The van der Waals surface area contributed by atoms with Crippen LogP contribution in [0.5, 0.6) is 5.75 Å². The van der Waals surface area contributed by atoms with Crippen LogP contribution in [-0.2, 0) is 24.3 Å². The molecule has 0 aliphatic carbocycles. The average molecular weight is 490 g/mol. The summed E-state index contributed by atoms with van der Waals surface area (Å²) in [7, 11) is 1.63. The van der Waals surface area contributed by atoms with Gasteiger partial charge in [-0.2, -0.15) is 5.10 Å². The first kappa shape index (κ1) is 25.0. The third-order valence-electron chi connectivity index (χ3n) is 5.09. The van der Waals surface area contributed by atoms with Crippen molar-refractivity contribution in [3.63, 3.8) is 0 Å². The second kappa shape index (κ2) is 12.0. The number of hydrogen-bond acceptors (Lipinski definition) is 7. The summed E-state index contributed by atoms with van der Waals surface area (Å²) >= 11 is 6.96. The molecular weight excluding hydrogens is 458 g/mol. The van der Waals surface area contributed by atoms with E-state index in [0.29, 0.717) is 36.0 Å². The lowest BCUT2D eigenvalue weighted by Crippen LogP contribution is -2.26. The van der Waals surface area contributed by atoms with Crippen LogP contribution in [-0.4, -0.2) is 55.3 Å². The van der Waals surface area contributed by atoms with Gasteiger partial charge in [0.05, 0.1) is 7.11 Å². The molecule has 0 bridgehead atoms. The standard InChI is InChI=1S/C22H31N7O2S2/c1-15(2)14-29-18(24-27-22(29)33-4)6-5-12-23-19(30)11-13-28-20(25-26-21(28)32)16-7-9-17(31-3)10-8-16/h7-10,15H,5-6,11-14H2,1-4H3,(H,23,30)(H,26,32). The SMILES string of the molecule is COc1ccc(-c2n[nH]c(=S)n2CCC(=O)NCCCc2nnc(SC)n2CC(C)C)cc1. The van der Waals surface area contributed by atoms with Crippen molar-refractivity contribution in [3.8, 4) is 17.1 Å². The zero-order chi connectivity index (χ0) is 23.8. The lowest BCUT2D eigenvalue weighted by molar-refractivity contribution is -0.121. The molecule has 0 saturated heterocycles. The molecule has 3 aromatic rings. The van der Waals surface area contributed by atoms with Gasteiger partial charge in [0.15, 0.2) is 15.8 Å². The fourth-order valence-electron chi connectivity index (χ4n) is 3.47. The smallest absolute Gasteiger partial charge is 0.221 e. The minimum absolute atomic E-state index is 0.0211. The van der Waals surface area contributed by atoms with E-state index in [4.69, 9.17) is 17.0 Å². The van der Waals surface area contributed by atoms with E-state index in [1.807, 2.05) is 35.1 Å². The minimum Gasteiger partial charge on any atom is -0.497 e. The Kier molecular flexibility index (Phi) is 9.07. The number of aromatic nitrogens is 6. The summed E-state index contributed by atoms with van der Waals surface area (Å²) < 4.78 is 9.72. The Labute approximate surface area is 203 Å². The number of carbonyl (C=O) groups excluding carboxylic acids is 1. The molecular formula is C22H31N7O2S2. The Hall–Kier alpha value is -2.66. The summed E-state index contributed by atoms with van der Waals surface area (Å²) in [5, 5.41) is 19.7. The van der Waals surface area contributed by atoms with E-state index in [1.165, 1.54) is 0 Å². The van der Waals surface area contributed by atoms with Crippen molar-refractivity contribution in [2.45, 2.75) is 51.4 Å². The first-order chi connectivity index (χ1) is 15.9. The van der Waals surface area contributed by atoms with Crippen LogP contribution in [0.1, 0.15) is 32.5 Å². The molecule has 1 aromatic carbocycles. The number of nitrogens with zero attached hydrogens (tertiary/aromatic N) is 5. The highest BCUT2D eigenvalue weighted by atomic mass is 32.2. The third-order valence-corrected chi connectivity index (χ3v) is 6.07. The highest BCUT2D eigenvalue weighted by molar-refractivity contribution is 7.98. The van der Waals surface area contributed by atoms with Gasteiger partial charge in [0.2, 0.25) is 5.91 Å². The predicted molar refractivity (Wildman–Crippen MR) is 132 cm³/mol. The first-order valence-corrected chi connectivity index (χ1v) is 12.6. The van der Waals surface area contributed by atoms with Gasteiger partial charge < -0.3 is 14.6 Å². The largest absolute Gasteiger partial charge is 0.497 e. The number of H-pyrrole nitrogens is 1. The van der Waals surface area contributed by atoms with Gasteiger partial charge in [-0.25, -0.2) is 0 Å². The van der Waals surface area contributed by atoms with Crippen molar-refractivity contribution in [2.75, 3.05) is 19.9 Å². The molecule has 2 N–H and O–H groups in total. The Bertz CT molecular complexity index is 1100. The molecule has 33 heavy (non-hydrogen) atoms. The fraction of sp³-hybridized carbons (Fsp3) is 0.500. The number of ether oxygens (including phenoxy) is 1. The topological polar surface area (TPSA) is 103 Å². The number of aryl methyl sites for hydroxylation is 1. The summed E-state index contributed by atoms with van der Waals surface area (Å²) in [4.78, 5) is 12.4. The van der Waals surface area contributed by atoms with Gasteiger partial charge >= 0.3 is 0 Å². The summed E-state index contributed by atoms with van der Waals surface area (Å²) in [6.45, 7) is 6.29. The van der Waals surface area contributed by atoms with Crippen molar-refractivity contribution >= 4 is 29.9 Å². The van der Waals surface area contributed by atoms with Gasteiger partial charge in [0.1, 0.15) is 11.6 Å². The maximum absolute atomic E-state index is 12.4. The molecule has 2 heterocycles. The number of thioether (sulfide) groups is 1. The maximum atomic E-state index is 12.4. The number of hydrogen-bond donors (Lipinski definition) is 2. The fourth-order valence-corrected chi connectivity index (χ4v) is 4.21. The third kappa shape index (κ3) is 6.67. The second-order valence-corrected chi connectivity index (χ2v) is 9.20. The quantitative estimate of drug-likeness (QED) is 0.227.